The third kappa shape index (κ3) is 2.34. The van der Waals surface area contributed by atoms with E-state index in [0.717, 1.165) is 18.1 Å². The van der Waals surface area contributed by atoms with Gasteiger partial charge in [0.25, 0.3) is 0 Å². The van der Waals surface area contributed by atoms with Gasteiger partial charge in [-0.2, -0.15) is 0 Å². The fourth-order valence-electron chi connectivity index (χ4n) is 1.50. The molecule has 0 fully saturated rings. The summed E-state index contributed by atoms with van der Waals surface area (Å²) in [6.07, 6.45) is 3.75. The molecule has 0 radical (unpaired) electrons. The van der Waals surface area contributed by atoms with Crippen molar-refractivity contribution in [2.24, 2.45) is 7.05 Å². The Morgan fingerprint density at radius 3 is 3.00 bits per heavy atom. The van der Waals surface area contributed by atoms with E-state index in [0.29, 0.717) is 0 Å². The van der Waals surface area contributed by atoms with Gasteiger partial charge in [-0.05, 0) is 18.2 Å². The van der Waals surface area contributed by atoms with E-state index in [9.17, 15) is 0 Å². The number of hydrogen-bond acceptors (Lipinski definition) is 3. The molecule has 0 aromatic carbocycles. The molecule has 0 aliphatic rings. The summed E-state index contributed by atoms with van der Waals surface area (Å²) in [5.74, 6) is 1.63. The largest absolute Gasteiger partial charge is 0.497 e. The molecule has 2 aromatic rings. The van der Waals surface area contributed by atoms with Crippen LogP contribution in [0.2, 0.25) is 0 Å². The Hall–Kier alpha value is -1.97. The van der Waals surface area contributed by atoms with Gasteiger partial charge in [0.2, 0.25) is 0 Å². The average molecular weight is 217 g/mol. The summed E-state index contributed by atoms with van der Waals surface area (Å²) < 4.78 is 7.21. The van der Waals surface area contributed by atoms with Crippen molar-refractivity contribution < 1.29 is 4.74 Å². The predicted molar refractivity (Wildman–Crippen MR) is 63.5 cm³/mol. The molecule has 0 saturated heterocycles. The van der Waals surface area contributed by atoms with Crippen molar-refractivity contribution in [1.29, 1.82) is 0 Å². The summed E-state index contributed by atoms with van der Waals surface area (Å²) in [5, 5.41) is 3.25. The molecular weight excluding hydrogens is 202 g/mol. The molecule has 0 bridgehead atoms. The molecule has 2 aromatic heterocycles. The van der Waals surface area contributed by atoms with Gasteiger partial charge in [-0.15, -0.1) is 0 Å². The monoisotopic (exact) mass is 217 g/mol. The van der Waals surface area contributed by atoms with Gasteiger partial charge in [0.05, 0.1) is 13.7 Å². The summed E-state index contributed by atoms with van der Waals surface area (Å²) >= 11 is 0. The Labute approximate surface area is 94.9 Å². The van der Waals surface area contributed by atoms with E-state index in [1.807, 2.05) is 31.4 Å². The third-order valence-corrected chi connectivity index (χ3v) is 2.47. The molecule has 2 rings (SSSR count). The SMILES string of the molecule is COc1ccnc(NCc2cccn2C)c1. The molecule has 2 heterocycles. The van der Waals surface area contributed by atoms with Crippen molar-refractivity contribution in [3.8, 4) is 5.75 Å². The van der Waals surface area contributed by atoms with Gasteiger partial charge in [0, 0.05) is 31.2 Å². The van der Waals surface area contributed by atoms with Gasteiger partial charge < -0.3 is 14.6 Å². The number of pyridine rings is 1. The number of methoxy groups -OCH3 is 1. The van der Waals surface area contributed by atoms with Crippen molar-refractivity contribution in [2.75, 3.05) is 12.4 Å². The van der Waals surface area contributed by atoms with Gasteiger partial charge in [-0.3, -0.25) is 0 Å². The van der Waals surface area contributed by atoms with E-state index >= 15 is 0 Å². The first-order valence-corrected chi connectivity index (χ1v) is 5.14. The van der Waals surface area contributed by atoms with Crippen LogP contribution in [-0.2, 0) is 13.6 Å². The minimum absolute atomic E-state index is 0.754. The quantitative estimate of drug-likeness (QED) is 0.851. The summed E-state index contributed by atoms with van der Waals surface area (Å²) in [4.78, 5) is 4.22. The highest BCUT2D eigenvalue weighted by Crippen LogP contribution is 2.14. The molecule has 0 aliphatic carbocycles. The lowest BCUT2D eigenvalue weighted by Crippen LogP contribution is -2.05. The molecule has 0 unspecified atom stereocenters. The molecule has 0 aliphatic heterocycles. The summed E-state index contributed by atoms with van der Waals surface area (Å²) in [7, 11) is 3.67. The van der Waals surface area contributed by atoms with Gasteiger partial charge in [-0.1, -0.05) is 0 Å². The normalized spacial score (nSPS) is 10.1. The van der Waals surface area contributed by atoms with Gasteiger partial charge in [-0.25, -0.2) is 4.98 Å². The number of rotatable bonds is 4. The number of hydrogen-bond donors (Lipinski definition) is 1. The van der Waals surface area contributed by atoms with Gasteiger partial charge in [0.15, 0.2) is 0 Å². The maximum absolute atomic E-state index is 5.13. The molecule has 4 heteroatoms. The van der Waals surface area contributed by atoms with Crippen LogP contribution >= 0.6 is 0 Å². The van der Waals surface area contributed by atoms with Crippen LogP contribution in [0.15, 0.2) is 36.7 Å². The van der Waals surface area contributed by atoms with Crippen molar-refractivity contribution in [3.63, 3.8) is 0 Å². The molecule has 16 heavy (non-hydrogen) atoms. The lowest BCUT2D eigenvalue weighted by molar-refractivity contribution is 0.414. The fraction of sp³-hybridized carbons (Fsp3) is 0.250. The van der Waals surface area contributed by atoms with Crippen LogP contribution in [0, 0.1) is 0 Å². The number of anilines is 1. The van der Waals surface area contributed by atoms with Crippen LogP contribution in [0.5, 0.6) is 5.75 Å². The second kappa shape index (κ2) is 4.70. The number of ether oxygens (including phenoxy) is 1. The highest BCUT2D eigenvalue weighted by molar-refractivity contribution is 5.40. The summed E-state index contributed by atoms with van der Waals surface area (Å²) in [6.45, 7) is 0.754. The minimum Gasteiger partial charge on any atom is -0.497 e. The zero-order chi connectivity index (χ0) is 11.4. The van der Waals surface area contributed by atoms with Crippen LogP contribution in [0.3, 0.4) is 0 Å². The maximum atomic E-state index is 5.13. The summed E-state index contributed by atoms with van der Waals surface area (Å²) in [5.41, 5.74) is 1.21. The lowest BCUT2D eigenvalue weighted by Gasteiger charge is -2.07. The van der Waals surface area contributed by atoms with E-state index < -0.39 is 0 Å². The lowest BCUT2D eigenvalue weighted by atomic mass is 10.4. The third-order valence-electron chi connectivity index (χ3n) is 2.47. The smallest absolute Gasteiger partial charge is 0.129 e. The second-order valence-corrected chi connectivity index (χ2v) is 3.54. The van der Waals surface area contributed by atoms with Crippen LogP contribution < -0.4 is 10.1 Å². The molecule has 0 saturated carbocycles. The van der Waals surface area contributed by atoms with Crippen LogP contribution in [0.25, 0.3) is 0 Å². The van der Waals surface area contributed by atoms with Crippen molar-refractivity contribution in [2.45, 2.75) is 6.54 Å². The Kier molecular flexibility index (Phi) is 3.10. The second-order valence-electron chi connectivity index (χ2n) is 3.54. The molecule has 0 spiro atoms. The first-order valence-electron chi connectivity index (χ1n) is 5.14. The Morgan fingerprint density at radius 1 is 1.44 bits per heavy atom. The van der Waals surface area contributed by atoms with Crippen LogP contribution in [0.4, 0.5) is 5.82 Å². The first-order chi connectivity index (χ1) is 7.79. The van der Waals surface area contributed by atoms with E-state index in [-0.39, 0.29) is 0 Å². The minimum atomic E-state index is 0.754. The molecular formula is C12H15N3O. The maximum Gasteiger partial charge on any atom is 0.129 e. The van der Waals surface area contributed by atoms with E-state index in [1.54, 1.807) is 13.3 Å². The van der Waals surface area contributed by atoms with Crippen LogP contribution in [0.1, 0.15) is 5.69 Å². The number of aromatic nitrogens is 2. The van der Waals surface area contributed by atoms with Gasteiger partial charge in [0.1, 0.15) is 11.6 Å². The molecule has 1 N–H and O–H groups in total. The summed E-state index contributed by atoms with van der Waals surface area (Å²) in [6, 6.07) is 7.81. The van der Waals surface area contributed by atoms with E-state index in [1.165, 1.54) is 5.69 Å². The Balaban J connectivity index is 2.02. The topological polar surface area (TPSA) is 39.1 Å². The van der Waals surface area contributed by atoms with E-state index in [4.69, 9.17) is 4.74 Å². The highest BCUT2D eigenvalue weighted by Gasteiger charge is 1.99. The molecule has 4 nitrogen and oxygen atoms in total. The first kappa shape index (κ1) is 10.5. The van der Waals surface area contributed by atoms with Crippen molar-refractivity contribution >= 4 is 5.82 Å². The van der Waals surface area contributed by atoms with E-state index in [2.05, 4.69) is 20.9 Å². The van der Waals surface area contributed by atoms with Crippen LogP contribution in [-0.4, -0.2) is 16.7 Å². The van der Waals surface area contributed by atoms with Gasteiger partial charge >= 0.3 is 0 Å². The number of nitrogens with one attached hydrogen (secondary N) is 1. The molecule has 84 valence electrons. The molecule has 0 atom stereocenters. The molecule has 0 amide bonds. The number of aryl methyl sites for hydroxylation is 1. The highest BCUT2D eigenvalue weighted by atomic mass is 16.5. The fourth-order valence-corrected chi connectivity index (χ4v) is 1.50. The zero-order valence-corrected chi connectivity index (χ0v) is 9.47. The standard InChI is InChI=1S/C12H15N3O/c1-15-7-3-4-10(15)9-14-12-8-11(16-2)5-6-13-12/h3-8H,9H2,1-2H3,(H,13,14). The Morgan fingerprint density at radius 2 is 2.31 bits per heavy atom. The predicted octanol–water partition coefficient (Wildman–Crippen LogP) is 2.04. The van der Waals surface area contributed by atoms with Crippen molar-refractivity contribution in [3.05, 3.63) is 42.4 Å². The Bertz CT molecular complexity index is 465. The average Bonchev–Trinajstić information content (AvgIpc) is 2.72. The zero-order valence-electron chi connectivity index (χ0n) is 9.47. The number of nitrogens with zero attached hydrogens (tertiary/aromatic N) is 2. The van der Waals surface area contributed by atoms with Crippen molar-refractivity contribution in [1.82, 2.24) is 9.55 Å².